The Balaban J connectivity index is 1.11. The molecule has 2 saturated heterocycles. The van der Waals surface area contributed by atoms with Crippen molar-refractivity contribution >= 4 is 11.9 Å². The first-order valence-electron chi connectivity index (χ1n) is 12.4. The maximum atomic E-state index is 13.0. The molecule has 0 bridgehead atoms. The molecule has 33 heavy (non-hydrogen) atoms. The third-order valence-electron chi connectivity index (χ3n) is 7.63. The van der Waals surface area contributed by atoms with Crippen molar-refractivity contribution in [1.29, 1.82) is 0 Å². The molecule has 0 radical (unpaired) electrons. The van der Waals surface area contributed by atoms with Crippen molar-refractivity contribution in [3.05, 3.63) is 65.0 Å². The Morgan fingerprint density at radius 3 is 2.45 bits per heavy atom. The molecule has 5 rings (SSSR count). The number of carbonyl (C=O) groups is 2. The summed E-state index contributed by atoms with van der Waals surface area (Å²) < 4.78 is 0. The molecule has 3 heterocycles. The molecule has 0 saturated carbocycles. The number of piperidine rings is 1. The predicted octanol–water partition coefficient (Wildman–Crippen LogP) is 3.50. The summed E-state index contributed by atoms with van der Waals surface area (Å²) in [5.74, 6) is -0.178. The standard InChI is InChI=1S/C27H33N3O3/c31-26(22-17-30(18-22)25(27(32)33)21-7-2-1-3-8-21)29-14-12-19(13-15-29)16-23-11-10-20-6-4-5-9-24(20)28-23/h1-3,7-8,10-11,19,22,25H,4-6,9,12-18H2,(H,32,33)/t25-/m1/s1. The summed E-state index contributed by atoms with van der Waals surface area (Å²) >= 11 is 0. The molecule has 1 atom stereocenters. The fraction of sp³-hybridized carbons (Fsp3) is 0.519. The predicted molar refractivity (Wildman–Crippen MR) is 126 cm³/mol. The zero-order valence-electron chi connectivity index (χ0n) is 19.2. The van der Waals surface area contributed by atoms with E-state index in [2.05, 4.69) is 12.1 Å². The number of aryl methyl sites for hydroxylation is 2. The Bertz CT molecular complexity index is 995. The molecular weight excluding hydrogens is 414 g/mol. The Hall–Kier alpha value is -2.73. The van der Waals surface area contributed by atoms with Crippen LogP contribution >= 0.6 is 0 Å². The molecule has 2 fully saturated rings. The van der Waals surface area contributed by atoms with Crippen LogP contribution in [0.2, 0.25) is 0 Å². The number of carboxylic acid groups (broad SMARTS) is 1. The number of rotatable bonds is 6. The normalized spacial score (nSPS) is 20.7. The van der Waals surface area contributed by atoms with E-state index in [1.807, 2.05) is 40.1 Å². The average molecular weight is 448 g/mol. The van der Waals surface area contributed by atoms with Crippen molar-refractivity contribution in [2.45, 2.75) is 51.0 Å². The van der Waals surface area contributed by atoms with Crippen LogP contribution in [-0.4, -0.2) is 57.9 Å². The molecule has 1 amide bonds. The number of aromatic nitrogens is 1. The molecule has 0 spiro atoms. The smallest absolute Gasteiger partial charge is 0.325 e. The Labute approximate surface area is 195 Å². The number of amides is 1. The van der Waals surface area contributed by atoms with Crippen LogP contribution in [0.3, 0.4) is 0 Å². The number of carbonyl (C=O) groups excluding carboxylic acids is 1. The molecule has 0 unspecified atom stereocenters. The second-order valence-electron chi connectivity index (χ2n) is 9.89. The summed E-state index contributed by atoms with van der Waals surface area (Å²) in [6.45, 7) is 2.63. The van der Waals surface area contributed by atoms with E-state index in [9.17, 15) is 14.7 Å². The van der Waals surface area contributed by atoms with E-state index < -0.39 is 12.0 Å². The summed E-state index contributed by atoms with van der Waals surface area (Å²) in [6, 6.07) is 13.1. The number of hydrogen-bond donors (Lipinski definition) is 1. The third-order valence-corrected chi connectivity index (χ3v) is 7.63. The summed E-state index contributed by atoms with van der Waals surface area (Å²) in [7, 11) is 0. The summed E-state index contributed by atoms with van der Waals surface area (Å²) in [5, 5.41) is 9.71. The van der Waals surface area contributed by atoms with E-state index in [1.165, 1.54) is 36.2 Å². The Morgan fingerprint density at radius 1 is 1.00 bits per heavy atom. The highest BCUT2D eigenvalue weighted by molar-refractivity contribution is 5.81. The summed E-state index contributed by atoms with van der Waals surface area (Å²) in [5.41, 5.74) is 4.71. The van der Waals surface area contributed by atoms with Crippen LogP contribution < -0.4 is 0 Å². The van der Waals surface area contributed by atoms with Crippen LogP contribution in [0, 0.1) is 11.8 Å². The fourth-order valence-electron chi connectivity index (χ4n) is 5.68. The molecule has 2 aromatic rings. The first kappa shape index (κ1) is 22.1. The summed E-state index contributed by atoms with van der Waals surface area (Å²) in [6.07, 6.45) is 7.85. The molecule has 174 valence electrons. The van der Waals surface area contributed by atoms with Crippen LogP contribution in [0.1, 0.15) is 54.2 Å². The first-order valence-corrected chi connectivity index (χ1v) is 12.4. The molecule has 6 heteroatoms. The second-order valence-corrected chi connectivity index (χ2v) is 9.89. The summed E-state index contributed by atoms with van der Waals surface area (Å²) in [4.78, 5) is 33.7. The molecule has 1 aliphatic carbocycles. The van der Waals surface area contributed by atoms with Crippen molar-refractivity contribution in [3.8, 4) is 0 Å². The number of fused-ring (bicyclic) bond motifs is 1. The van der Waals surface area contributed by atoms with Gasteiger partial charge in [-0.05, 0) is 68.1 Å². The molecule has 6 nitrogen and oxygen atoms in total. The van der Waals surface area contributed by atoms with Gasteiger partial charge in [0.05, 0.1) is 5.92 Å². The lowest BCUT2D eigenvalue weighted by Gasteiger charge is -2.44. The fourth-order valence-corrected chi connectivity index (χ4v) is 5.68. The Kier molecular flexibility index (Phi) is 6.45. The van der Waals surface area contributed by atoms with Gasteiger partial charge in [-0.2, -0.15) is 0 Å². The van der Waals surface area contributed by atoms with Gasteiger partial charge >= 0.3 is 5.97 Å². The number of aliphatic carboxylic acids is 1. The van der Waals surface area contributed by atoms with E-state index in [0.29, 0.717) is 19.0 Å². The van der Waals surface area contributed by atoms with Crippen LogP contribution in [0.15, 0.2) is 42.5 Å². The van der Waals surface area contributed by atoms with Crippen molar-refractivity contribution in [2.75, 3.05) is 26.2 Å². The van der Waals surface area contributed by atoms with E-state index in [-0.39, 0.29) is 11.8 Å². The third kappa shape index (κ3) is 4.81. The SMILES string of the molecule is O=C(O)[C@@H](c1ccccc1)N1CC(C(=O)N2CCC(Cc3ccc4c(n3)CCCC4)CC2)C1. The Morgan fingerprint density at radius 2 is 1.73 bits per heavy atom. The quantitative estimate of drug-likeness (QED) is 0.734. The number of carboxylic acids is 1. The second kappa shape index (κ2) is 9.64. The van der Waals surface area contributed by atoms with Crippen LogP contribution in [0.25, 0.3) is 0 Å². The van der Waals surface area contributed by atoms with E-state index in [0.717, 1.165) is 44.3 Å². The molecule has 3 aliphatic rings. The number of hydrogen-bond acceptors (Lipinski definition) is 4. The zero-order valence-corrected chi connectivity index (χ0v) is 19.2. The van der Waals surface area contributed by atoms with Crippen molar-refractivity contribution < 1.29 is 14.7 Å². The largest absolute Gasteiger partial charge is 0.480 e. The monoisotopic (exact) mass is 447 g/mol. The topological polar surface area (TPSA) is 73.7 Å². The van der Waals surface area contributed by atoms with Gasteiger partial charge in [-0.1, -0.05) is 36.4 Å². The molecule has 1 N–H and O–H groups in total. The van der Waals surface area contributed by atoms with E-state index in [1.54, 1.807) is 0 Å². The highest BCUT2D eigenvalue weighted by atomic mass is 16.4. The lowest BCUT2D eigenvalue weighted by atomic mass is 9.88. The molecular formula is C27H33N3O3. The van der Waals surface area contributed by atoms with Gasteiger partial charge in [-0.3, -0.25) is 19.5 Å². The van der Waals surface area contributed by atoms with Crippen molar-refractivity contribution in [1.82, 2.24) is 14.8 Å². The van der Waals surface area contributed by atoms with Gasteiger partial charge in [-0.15, -0.1) is 0 Å². The van der Waals surface area contributed by atoms with Crippen LogP contribution in [0.5, 0.6) is 0 Å². The van der Waals surface area contributed by atoms with Gasteiger partial charge < -0.3 is 10.0 Å². The number of likely N-dealkylation sites (tertiary alicyclic amines) is 2. The molecule has 1 aromatic carbocycles. The molecule has 1 aromatic heterocycles. The number of nitrogens with zero attached hydrogens (tertiary/aromatic N) is 3. The highest BCUT2D eigenvalue weighted by Crippen LogP contribution is 2.31. The minimum Gasteiger partial charge on any atom is -0.480 e. The average Bonchev–Trinajstić information content (AvgIpc) is 2.81. The van der Waals surface area contributed by atoms with Crippen LogP contribution in [0.4, 0.5) is 0 Å². The first-order chi connectivity index (χ1) is 16.1. The van der Waals surface area contributed by atoms with Crippen molar-refractivity contribution in [3.63, 3.8) is 0 Å². The number of benzene rings is 1. The van der Waals surface area contributed by atoms with E-state index in [4.69, 9.17) is 4.98 Å². The highest BCUT2D eigenvalue weighted by Gasteiger charge is 2.42. The van der Waals surface area contributed by atoms with Gasteiger partial charge in [0.2, 0.25) is 5.91 Å². The number of pyridine rings is 1. The maximum Gasteiger partial charge on any atom is 0.325 e. The minimum atomic E-state index is -0.858. The van der Waals surface area contributed by atoms with Gasteiger partial charge in [0.25, 0.3) is 0 Å². The zero-order chi connectivity index (χ0) is 22.8. The van der Waals surface area contributed by atoms with Gasteiger partial charge in [0.1, 0.15) is 6.04 Å². The van der Waals surface area contributed by atoms with Crippen molar-refractivity contribution in [2.24, 2.45) is 11.8 Å². The minimum absolute atomic E-state index is 0.0885. The lowest BCUT2D eigenvalue weighted by molar-refractivity contribution is -0.153. The van der Waals surface area contributed by atoms with Crippen LogP contribution in [-0.2, 0) is 28.9 Å². The lowest BCUT2D eigenvalue weighted by Crippen LogP contribution is -2.57. The van der Waals surface area contributed by atoms with Gasteiger partial charge in [0, 0.05) is 37.6 Å². The molecule has 2 aliphatic heterocycles. The van der Waals surface area contributed by atoms with E-state index >= 15 is 0 Å². The van der Waals surface area contributed by atoms with Gasteiger partial charge in [0.15, 0.2) is 0 Å². The maximum absolute atomic E-state index is 13.0. The van der Waals surface area contributed by atoms with Gasteiger partial charge in [-0.25, -0.2) is 0 Å².